The van der Waals surface area contributed by atoms with E-state index in [-0.39, 0.29) is 18.2 Å². The Kier molecular flexibility index (Phi) is 2.41. The second-order valence-corrected chi connectivity index (χ2v) is 3.58. The molecule has 0 bridgehead atoms. The van der Waals surface area contributed by atoms with E-state index in [1.54, 1.807) is 6.07 Å². The third kappa shape index (κ3) is 1.83. The van der Waals surface area contributed by atoms with Gasteiger partial charge < -0.3 is 10.6 Å². The van der Waals surface area contributed by atoms with Crippen molar-refractivity contribution in [3.05, 3.63) is 29.8 Å². The van der Waals surface area contributed by atoms with Crippen molar-refractivity contribution in [2.45, 2.75) is 6.42 Å². The van der Waals surface area contributed by atoms with Gasteiger partial charge in [0.1, 0.15) is 0 Å². The molecule has 4 nitrogen and oxygen atoms in total. The molecule has 2 N–H and O–H groups in total. The van der Waals surface area contributed by atoms with Crippen LogP contribution in [-0.4, -0.2) is 24.8 Å². The quantitative estimate of drug-likeness (QED) is 0.765. The van der Waals surface area contributed by atoms with Crippen molar-refractivity contribution >= 4 is 17.4 Å². The highest BCUT2D eigenvalue weighted by molar-refractivity contribution is 6.03. The first-order valence-corrected chi connectivity index (χ1v) is 4.84. The topological polar surface area (TPSA) is 63.4 Å². The molecular weight excluding hydrogens is 192 g/mol. The highest BCUT2D eigenvalue weighted by atomic mass is 16.1. The van der Waals surface area contributed by atoms with Crippen molar-refractivity contribution in [2.75, 3.05) is 18.0 Å². The second-order valence-electron chi connectivity index (χ2n) is 3.58. The van der Waals surface area contributed by atoms with E-state index in [4.69, 9.17) is 5.73 Å². The molecule has 2 rings (SSSR count). The molecule has 1 aromatic carbocycles. The summed E-state index contributed by atoms with van der Waals surface area (Å²) in [6.45, 7) is 0.739. The summed E-state index contributed by atoms with van der Waals surface area (Å²) < 4.78 is 0. The van der Waals surface area contributed by atoms with Gasteiger partial charge in [0.25, 0.3) is 0 Å². The van der Waals surface area contributed by atoms with Gasteiger partial charge in [-0.15, -0.1) is 0 Å². The third-order valence-corrected chi connectivity index (χ3v) is 2.50. The molecule has 0 saturated carbocycles. The maximum atomic E-state index is 11.6. The molecule has 0 unspecified atom stereocenters. The molecule has 1 aromatic rings. The molecular formula is C11H12N2O2. The lowest BCUT2D eigenvalue weighted by Gasteiger charge is -2.29. The average molecular weight is 204 g/mol. The zero-order chi connectivity index (χ0) is 10.8. The molecule has 1 aliphatic rings. The molecule has 1 amide bonds. The zero-order valence-electron chi connectivity index (χ0n) is 8.27. The van der Waals surface area contributed by atoms with Crippen molar-refractivity contribution in [1.29, 1.82) is 0 Å². The number of carbonyl (C=O) groups excluding carboxylic acids is 2. The molecule has 15 heavy (non-hydrogen) atoms. The van der Waals surface area contributed by atoms with Crippen LogP contribution in [0.2, 0.25) is 0 Å². The van der Waals surface area contributed by atoms with Gasteiger partial charge in [0.15, 0.2) is 5.78 Å². The minimum atomic E-state index is -0.376. The Bertz CT molecular complexity index is 415. The van der Waals surface area contributed by atoms with Crippen molar-refractivity contribution in [3.63, 3.8) is 0 Å². The molecule has 0 aliphatic carbocycles. The highest BCUT2D eigenvalue weighted by Gasteiger charge is 2.22. The number of amides is 1. The van der Waals surface area contributed by atoms with Crippen LogP contribution in [0.25, 0.3) is 0 Å². The fourth-order valence-electron chi connectivity index (χ4n) is 1.83. The van der Waals surface area contributed by atoms with Crippen LogP contribution in [0.15, 0.2) is 24.3 Å². The molecule has 0 aromatic heterocycles. The number of anilines is 1. The fourth-order valence-corrected chi connectivity index (χ4v) is 1.83. The molecule has 4 heteroatoms. The number of hydrogen-bond donors (Lipinski definition) is 1. The van der Waals surface area contributed by atoms with Crippen LogP contribution in [0.5, 0.6) is 0 Å². The highest BCUT2D eigenvalue weighted by Crippen LogP contribution is 2.25. The maximum absolute atomic E-state index is 11.6. The molecule has 1 aliphatic heterocycles. The van der Waals surface area contributed by atoms with Gasteiger partial charge in [-0.1, -0.05) is 12.1 Å². The van der Waals surface area contributed by atoms with Gasteiger partial charge in [-0.2, -0.15) is 0 Å². The Hall–Kier alpha value is -1.84. The number of nitrogens with two attached hydrogens (primary N) is 1. The van der Waals surface area contributed by atoms with Crippen molar-refractivity contribution in [1.82, 2.24) is 0 Å². The van der Waals surface area contributed by atoms with E-state index >= 15 is 0 Å². The van der Waals surface area contributed by atoms with Crippen molar-refractivity contribution in [2.24, 2.45) is 5.73 Å². The van der Waals surface area contributed by atoms with Crippen molar-refractivity contribution in [3.8, 4) is 0 Å². The number of primary amides is 1. The lowest BCUT2D eigenvalue weighted by molar-refractivity contribution is -0.116. The fraction of sp³-hybridized carbons (Fsp3) is 0.273. The van der Waals surface area contributed by atoms with Gasteiger partial charge in [0, 0.05) is 24.2 Å². The molecule has 0 spiro atoms. The average Bonchev–Trinajstić information content (AvgIpc) is 2.22. The van der Waals surface area contributed by atoms with Crippen LogP contribution in [0, 0.1) is 0 Å². The summed E-state index contributed by atoms with van der Waals surface area (Å²) in [7, 11) is 0. The third-order valence-electron chi connectivity index (χ3n) is 2.50. The van der Waals surface area contributed by atoms with Crippen LogP contribution >= 0.6 is 0 Å². The Morgan fingerprint density at radius 3 is 2.87 bits per heavy atom. The van der Waals surface area contributed by atoms with Crippen LogP contribution < -0.4 is 10.6 Å². The number of benzene rings is 1. The minimum absolute atomic E-state index is 0.131. The molecule has 78 valence electrons. The monoisotopic (exact) mass is 204 g/mol. The van der Waals surface area contributed by atoms with Gasteiger partial charge in [-0.05, 0) is 12.1 Å². The van der Waals surface area contributed by atoms with E-state index in [2.05, 4.69) is 0 Å². The number of para-hydroxylation sites is 1. The SMILES string of the molecule is NC(=O)CN1CCC(=O)c2ccccc21. The molecule has 0 fully saturated rings. The summed E-state index contributed by atoms with van der Waals surface area (Å²) >= 11 is 0. The van der Waals surface area contributed by atoms with Gasteiger partial charge in [0.05, 0.1) is 6.54 Å². The predicted octanol–water partition coefficient (Wildman–Crippen LogP) is 0.565. The summed E-state index contributed by atoms with van der Waals surface area (Å²) in [5, 5.41) is 0. The second kappa shape index (κ2) is 3.73. The summed E-state index contributed by atoms with van der Waals surface area (Å²) in [5.41, 5.74) is 6.65. The Balaban J connectivity index is 2.36. The normalized spacial score (nSPS) is 14.9. The van der Waals surface area contributed by atoms with E-state index in [1.165, 1.54) is 0 Å². The minimum Gasteiger partial charge on any atom is -0.368 e. The van der Waals surface area contributed by atoms with Crippen molar-refractivity contribution < 1.29 is 9.59 Å². The van der Waals surface area contributed by atoms with Gasteiger partial charge in [0.2, 0.25) is 5.91 Å². The summed E-state index contributed by atoms with van der Waals surface area (Å²) in [4.78, 5) is 24.3. The zero-order valence-corrected chi connectivity index (χ0v) is 8.27. The number of ketones is 1. The van der Waals surface area contributed by atoms with Gasteiger partial charge in [-0.25, -0.2) is 0 Å². The Labute approximate surface area is 87.7 Å². The maximum Gasteiger partial charge on any atom is 0.236 e. The smallest absolute Gasteiger partial charge is 0.236 e. The number of rotatable bonds is 2. The number of Topliss-reactive ketones (excluding diaryl/α,β-unsaturated/α-hetero) is 1. The molecule has 0 atom stereocenters. The molecule has 0 radical (unpaired) electrons. The summed E-state index contributed by atoms with van der Waals surface area (Å²) in [5.74, 6) is -0.245. The number of nitrogens with zero attached hydrogens (tertiary/aromatic N) is 1. The molecule has 0 saturated heterocycles. The lowest BCUT2D eigenvalue weighted by atomic mass is 10.0. The first-order chi connectivity index (χ1) is 7.18. The van der Waals surface area contributed by atoms with Crippen LogP contribution in [-0.2, 0) is 4.79 Å². The number of carbonyl (C=O) groups is 2. The van der Waals surface area contributed by atoms with E-state index in [0.29, 0.717) is 18.5 Å². The van der Waals surface area contributed by atoms with E-state index < -0.39 is 0 Å². The van der Waals surface area contributed by atoms with Crippen LogP contribution in [0.1, 0.15) is 16.8 Å². The van der Waals surface area contributed by atoms with Crippen LogP contribution in [0.3, 0.4) is 0 Å². The number of fused-ring (bicyclic) bond motifs is 1. The standard InChI is InChI=1S/C11H12N2O2/c12-11(15)7-13-6-5-10(14)8-3-1-2-4-9(8)13/h1-4H,5-7H2,(H2,12,15). The summed E-state index contributed by atoms with van der Waals surface area (Å²) in [6.07, 6.45) is 0.449. The van der Waals surface area contributed by atoms with E-state index in [0.717, 1.165) is 5.69 Å². The summed E-state index contributed by atoms with van der Waals surface area (Å²) in [6, 6.07) is 7.30. The first-order valence-electron chi connectivity index (χ1n) is 4.84. The first kappa shape index (κ1) is 9.71. The van der Waals surface area contributed by atoms with E-state index in [9.17, 15) is 9.59 Å². The Morgan fingerprint density at radius 2 is 2.13 bits per heavy atom. The predicted molar refractivity (Wildman–Crippen MR) is 56.8 cm³/mol. The lowest BCUT2D eigenvalue weighted by Crippen LogP contribution is -2.38. The van der Waals surface area contributed by atoms with E-state index in [1.807, 2.05) is 23.1 Å². The molecule has 1 heterocycles. The van der Waals surface area contributed by atoms with Gasteiger partial charge >= 0.3 is 0 Å². The van der Waals surface area contributed by atoms with Gasteiger partial charge in [-0.3, -0.25) is 9.59 Å². The Morgan fingerprint density at radius 1 is 1.40 bits per heavy atom. The van der Waals surface area contributed by atoms with Crippen LogP contribution in [0.4, 0.5) is 5.69 Å². The largest absolute Gasteiger partial charge is 0.368 e. The number of hydrogen-bond acceptors (Lipinski definition) is 3.